The van der Waals surface area contributed by atoms with Crippen molar-refractivity contribution in [2.24, 2.45) is 0 Å². The minimum atomic E-state index is -0.879. The molecule has 0 amide bonds. The monoisotopic (exact) mass is 194 g/mol. The lowest BCUT2D eigenvalue weighted by atomic mass is 10.2. The van der Waals surface area contributed by atoms with E-state index in [0.717, 1.165) is 0 Å². The van der Waals surface area contributed by atoms with Gasteiger partial charge in [-0.1, -0.05) is 30.4 Å². The summed E-state index contributed by atoms with van der Waals surface area (Å²) in [5.41, 5.74) is 0.331. The minimum Gasteiger partial charge on any atom is -0.478 e. The van der Waals surface area contributed by atoms with E-state index in [1.807, 2.05) is 6.92 Å². The topological polar surface area (TPSA) is 57.5 Å². The molecule has 1 aromatic rings. The number of aliphatic hydroxyl groups is 1. The van der Waals surface area contributed by atoms with Gasteiger partial charge in [0.15, 0.2) is 0 Å². The van der Waals surface area contributed by atoms with Crippen molar-refractivity contribution in [1.29, 1.82) is 0 Å². The van der Waals surface area contributed by atoms with Gasteiger partial charge in [-0.3, -0.25) is 0 Å². The van der Waals surface area contributed by atoms with E-state index in [0.29, 0.717) is 5.56 Å². The summed E-state index contributed by atoms with van der Waals surface area (Å²) in [7, 11) is 0. The Bertz CT molecular complexity index is 278. The fraction of sp³-hybridized carbons (Fsp3) is 0.182. The number of hydrogen-bond acceptors (Lipinski definition) is 2. The molecule has 0 spiro atoms. The predicted octanol–water partition coefficient (Wildman–Crippen LogP) is 1.94. The molecule has 0 unspecified atom stereocenters. The van der Waals surface area contributed by atoms with E-state index < -0.39 is 5.97 Å². The summed E-state index contributed by atoms with van der Waals surface area (Å²) in [5, 5.41) is 16.4. The summed E-state index contributed by atoms with van der Waals surface area (Å²) in [4.78, 5) is 10.2. The van der Waals surface area contributed by atoms with Crippen LogP contribution in [0.2, 0.25) is 0 Å². The van der Waals surface area contributed by atoms with E-state index in [4.69, 9.17) is 10.2 Å². The third-order valence-electron chi connectivity index (χ3n) is 1.36. The van der Waals surface area contributed by atoms with E-state index in [2.05, 4.69) is 0 Å². The molecule has 0 bridgehead atoms. The molecule has 0 fully saturated rings. The fourth-order valence-electron chi connectivity index (χ4n) is 0.686. The zero-order chi connectivity index (χ0) is 10.8. The van der Waals surface area contributed by atoms with Crippen molar-refractivity contribution in [3.63, 3.8) is 0 Å². The van der Waals surface area contributed by atoms with Gasteiger partial charge in [0.05, 0.1) is 12.2 Å². The number of allylic oxidation sites excluding steroid dienone is 1. The lowest BCUT2D eigenvalue weighted by Crippen LogP contribution is -1.93. The Balaban J connectivity index is 0.000000292. The molecule has 0 saturated carbocycles. The van der Waals surface area contributed by atoms with Gasteiger partial charge in [0.1, 0.15) is 0 Å². The standard InChI is InChI=1S/C7H6O2.C4H8O/c8-7(9)6-4-2-1-3-5-6;1-2-3-4-5/h1-5H,(H,8,9);2-3,5H,4H2,1H3/b;3-2+. The van der Waals surface area contributed by atoms with Crippen LogP contribution in [-0.2, 0) is 0 Å². The molecule has 76 valence electrons. The maximum atomic E-state index is 10.2. The van der Waals surface area contributed by atoms with E-state index in [1.54, 1.807) is 42.5 Å². The van der Waals surface area contributed by atoms with Gasteiger partial charge < -0.3 is 10.2 Å². The van der Waals surface area contributed by atoms with Crippen LogP contribution < -0.4 is 0 Å². The minimum absolute atomic E-state index is 0.163. The van der Waals surface area contributed by atoms with Crippen LogP contribution in [0.15, 0.2) is 42.5 Å². The Morgan fingerprint density at radius 3 is 2.14 bits per heavy atom. The van der Waals surface area contributed by atoms with Crippen molar-refractivity contribution in [2.45, 2.75) is 6.92 Å². The summed E-state index contributed by atoms with van der Waals surface area (Å²) >= 11 is 0. The maximum absolute atomic E-state index is 10.2. The van der Waals surface area contributed by atoms with Crippen molar-refractivity contribution in [2.75, 3.05) is 6.61 Å². The zero-order valence-electron chi connectivity index (χ0n) is 8.05. The van der Waals surface area contributed by atoms with Gasteiger partial charge in [0.25, 0.3) is 0 Å². The molecule has 0 aliphatic rings. The largest absolute Gasteiger partial charge is 0.478 e. The molecule has 1 aromatic carbocycles. The lowest BCUT2D eigenvalue weighted by Gasteiger charge is -1.88. The average molecular weight is 194 g/mol. The molecule has 0 aliphatic carbocycles. The molecule has 1 rings (SSSR count). The third kappa shape index (κ3) is 5.97. The quantitative estimate of drug-likeness (QED) is 0.707. The van der Waals surface area contributed by atoms with E-state index in [1.165, 1.54) is 0 Å². The third-order valence-corrected chi connectivity index (χ3v) is 1.36. The second kappa shape index (κ2) is 8.01. The smallest absolute Gasteiger partial charge is 0.335 e. The highest BCUT2D eigenvalue weighted by Gasteiger charge is 1.96. The van der Waals surface area contributed by atoms with Crippen LogP contribution in [0.5, 0.6) is 0 Å². The molecule has 0 radical (unpaired) electrons. The normalized spacial score (nSPS) is 9.29. The van der Waals surface area contributed by atoms with E-state index >= 15 is 0 Å². The molecule has 0 atom stereocenters. The van der Waals surface area contributed by atoms with Crippen LogP contribution in [0.25, 0.3) is 0 Å². The van der Waals surface area contributed by atoms with Gasteiger partial charge in [-0.05, 0) is 19.1 Å². The summed E-state index contributed by atoms with van der Waals surface area (Å²) < 4.78 is 0. The second-order valence-electron chi connectivity index (χ2n) is 2.42. The SMILES string of the molecule is C/C=C/CO.O=C(O)c1ccccc1. The van der Waals surface area contributed by atoms with Crippen molar-refractivity contribution in [3.8, 4) is 0 Å². The van der Waals surface area contributed by atoms with Gasteiger partial charge in [-0.15, -0.1) is 0 Å². The Kier molecular flexibility index (Phi) is 7.09. The van der Waals surface area contributed by atoms with Gasteiger partial charge in [0, 0.05) is 0 Å². The Morgan fingerprint density at radius 1 is 1.36 bits per heavy atom. The highest BCUT2D eigenvalue weighted by atomic mass is 16.4. The van der Waals surface area contributed by atoms with Crippen LogP contribution in [0.4, 0.5) is 0 Å². The summed E-state index contributed by atoms with van der Waals surface area (Å²) in [6, 6.07) is 8.30. The summed E-state index contributed by atoms with van der Waals surface area (Å²) in [6.07, 6.45) is 3.49. The first kappa shape index (κ1) is 12.4. The first-order valence-corrected chi connectivity index (χ1v) is 4.22. The number of carboxylic acid groups (broad SMARTS) is 1. The molecule has 14 heavy (non-hydrogen) atoms. The molecule has 3 nitrogen and oxygen atoms in total. The molecule has 3 heteroatoms. The molecular formula is C11H14O3. The van der Waals surface area contributed by atoms with Crippen LogP contribution >= 0.6 is 0 Å². The second-order valence-corrected chi connectivity index (χ2v) is 2.42. The number of carbonyl (C=O) groups is 1. The first-order chi connectivity index (χ1) is 6.72. The molecule has 2 N–H and O–H groups in total. The molecule has 0 aliphatic heterocycles. The average Bonchev–Trinajstić information content (AvgIpc) is 2.21. The van der Waals surface area contributed by atoms with Crippen molar-refractivity contribution in [3.05, 3.63) is 48.0 Å². The van der Waals surface area contributed by atoms with Crippen molar-refractivity contribution >= 4 is 5.97 Å². The van der Waals surface area contributed by atoms with Crippen molar-refractivity contribution < 1.29 is 15.0 Å². The fourth-order valence-corrected chi connectivity index (χ4v) is 0.686. The van der Waals surface area contributed by atoms with Gasteiger partial charge in [-0.25, -0.2) is 4.79 Å². The zero-order valence-corrected chi connectivity index (χ0v) is 8.05. The first-order valence-electron chi connectivity index (χ1n) is 4.22. The number of hydrogen-bond donors (Lipinski definition) is 2. The maximum Gasteiger partial charge on any atom is 0.335 e. The summed E-state index contributed by atoms with van der Waals surface area (Å²) in [5.74, 6) is -0.879. The van der Waals surface area contributed by atoms with Crippen molar-refractivity contribution in [1.82, 2.24) is 0 Å². The van der Waals surface area contributed by atoms with Crippen LogP contribution in [0.1, 0.15) is 17.3 Å². The lowest BCUT2D eigenvalue weighted by molar-refractivity contribution is 0.0697. The molecular weight excluding hydrogens is 180 g/mol. The molecule has 0 heterocycles. The highest BCUT2D eigenvalue weighted by molar-refractivity contribution is 5.87. The van der Waals surface area contributed by atoms with Gasteiger partial charge in [-0.2, -0.15) is 0 Å². The Morgan fingerprint density at radius 2 is 1.93 bits per heavy atom. The Labute approximate surface area is 83.3 Å². The number of carboxylic acids is 1. The van der Waals surface area contributed by atoms with E-state index in [-0.39, 0.29) is 6.61 Å². The van der Waals surface area contributed by atoms with Crippen LogP contribution in [-0.4, -0.2) is 22.8 Å². The van der Waals surface area contributed by atoms with E-state index in [9.17, 15) is 4.79 Å². The number of aromatic carboxylic acids is 1. The molecule has 0 aromatic heterocycles. The number of rotatable bonds is 2. The van der Waals surface area contributed by atoms with Gasteiger partial charge in [0.2, 0.25) is 0 Å². The highest BCUT2D eigenvalue weighted by Crippen LogP contribution is 1.96. The molecule has 0 saturated heterocycles. The van der Waals surface area contributed by atoms with Gasteiger partial charge >= 0.3 is 5.97 Å². The number of aliphatic hydroxyl groups excluding tert-OH is 1. The summed E-state index contributed by atoms with van der Waals surface area (Å²) in [6.45, 7) is 2.03. The number of benzene rings is 1. The van der Waals surface area contributed by atoms with Crippen LogP contribution in [0, 0.1) is 0 Å². The Hall–Kier alpha value is -1.61. The van der Waals surface area contributed by atoms with Crippen LogP contribution in [0.3, 0.4) is 0 Å². The predicted molar refractivity (Wildman–Crippen MR) is 55.3 cm³/mol.